The van der Waals surface area contributed by atoms with Gasteiger partial charge >= 0.3 is 0 Å². The molecule has 3 aromatic heterocycles. The van der Waals surface area contributed by atoms with Crippen molar-refractivity contribution in [3.63, 3.8) is 0 Å². The van der Waals surface area contributed by atoms with Crippen LogP contribution in [-0.2, 0) is 0 Å². The molecule has 5 nitrogen and oxygen atoms in total. The first-order chi connectivity index (χ1) is 25.8. The Morgan fingerprint density at radius 3 is 1.73 bits per heavy atom. The molecule has 5 heteroatoms. The Bertz CT molecular complexity index is 3120. The average Bonchev–Trinajstić information content (AvgIpc) is 3.75. The van der Waals surface area contributed by atoms with Gasteiger partial charge in [-0.2, -0.15) is 0 Å². The Morgan fingerprint density at radius 1 is 0.404 bits per heavy atom. The molecule has 11 aromatic rings. The molecule has 3 heterocycles. The van der Waals surface area contributed by atoms with Crippen molar-refractivity contribution in [3.05, 3.63) is 170 Å². The molecular formula is C47H28N4O. The lowest BCUT2D eigenvalue weighted by Gasteiger charge is -2.14. The summed E-state index contributed by atoms with van der Waals surface area (Å²) in [5.74, 6) is 1.82. The number of benzene rings is 8. The van der Waals surface area contributed by atoms with Gasteiger partial charge in [0.25, 0.3) is 0 Å². The zero-order valence-electron chi connectivity index (χ0n) is 27.9. The van der Waals surface area contributed by atoms with Crippen LogP contribution in [0.1, 0.15) is 0 Å². The molecule has 52 heavy (non-hydrogen) atoms. The van der Waals surface area contributed by atoms with Crippen LogP contribution in [0, 0.1) is 0 Å². The van der Waals surface area contributed by atoms with E-state index >= 15 is 0 Å². The standard InChI is InChI=1S/C47H28N4O/c1-3-14-30(15-4-1)45-48-46(31-16-5-2-6-17-31)50-47(49-45)39-27-34(28-42-43(39)37-21-11-12-22-41(37)52-42)51-40-26-33-19-8-7-18-32(33)25-38(40)36-24-23-29-13-9-10-20-35(29)44(36)51/h1-28H. The first-order valence-electron chi connectivity index (χ1n) is 17.4. The highest BCUT2D eigenvalue weighted by atomic mass is 16.3. The molecule has 242 valence electrons. The molecule has 0 aliphatic heterocycles. The minimum atomic E-state index is 0.585. The largest absolute Gasteiger partial charge is 0.456 e. The summed E-state index contributed by atoms with van der Waals surface area (Å²) in [6.45, 7) is 0. The third-order valence-corrected chi connectivity index (χ3v) is 10.2. The molecule has 0 bridgehead atoms. The van der Waals surface area contributed by atoms with Gasteiger partial charge in [-0.05, 0) is 40.4 Å². The van der Waals surface area contributed by atoms with E-state index in [0.717, 1.165) is 55.3 Å². The molecule has 0 atom stereocenters. The lowest BCUT2D eigenvalue weighted by atomic mass is 10.0. The SMILES string of the molecule is c1ccc(-c2nc(-c3ccccc3)nc(-c3cc(-n4c5cc6ccccc6cc5c5ccc6ccccc6c54)cc4oc5ccccc5c34)n2)cc1. The Balaban J connectivity index is 1.29. The van der Waals surface area contributed by atoms with E-state index in [4.69, 9.17) is 19.4 Å². The van der Waals surface area contributed by atoms with Crippen molar-refractivity contribution in [2.75, 3.05) is 0 Å². The van der Waals surface area contributed by atoms with E-state index in [1.54, 1.807) is 0 Å². The number of nitrogens with zero attached hydrogens (tertiary/aromatic N) is 4. The first kappa shape index (κ1) is 28.7. The van der Waals surface area contributed by atoms with Gasteiger partial charge in [0.15, 0.2) is 17.5 Å². The summed E-state index contributed by atoms with van der Waals surface area (Å²) in [4.78, 5) is 15.4. The van der Waals surface area contributed by atoms with E-state index in [9.17, 15) is 0 Å². The van der Waals surface area contributed by atoms with Crippen LogP contribution < -0.4 is 0 Å². The van der Waals surface area contributed by atoms with Crippen LogP contribution in [0.5, 0.6) is 0 Å². The zero-order valence-corrected chi connectivity index (χ0v) is 27.9. The quantitative estimate of drug-likeness (QED) is 0.188. The smallest absolute Gasteiger partial charge is 0.164 e. The molecule has 0 spiro atoms. The average molecular weight is 665 g/mol. The molecule has 0 amide bonds. The topological polar surface area (TPSA) is 56.7 Å². The van der Waals surface area contributed by atoms with Gasteiger partial charge in [0, 0.05) is 49.7 Å². The van der Waals surface area contributed by atoms with E-state index in [1.807, 2.05) is 72.8 Å². The summed E-state index contributed by atoms with van der Waals surface area (Å²) < 4.78 is 9.08. The molecule has 0 unspecified atom stereocenters. The minimum absolute atomic E-state index is 0.585. The summed E-state index contributed by atoms with van der Waals surface area (Å²) in [6, 6.07) is 59.2. The van der Waals surface area contributed by atoms with Crippen LogP contribution in [0.15, 0.2) is 174 Å². The summed E-state index contributed by atoms with van der Waals surface area (Å²) in [6.07, 6.45) is 0. The van der Waals surface area contributed by atoms with Crippen LogP contribution >= 0.6 is 0 Å². The van der Waals surface area contributed by atoms with Crippen LogP contribution in [0.2, 0.25) is 0 Å². The maximum atomic E-state index is 6.68. The van der Waals surface area contributed by atoms with Gasteiger partial charge in [0.05, 0.1) is 16.7 Å². The number of para-hydroxylation sites is 1. The second-order valence-electron chi connectivity index (χ2n) is 13.2. The summed E-state index contributed by atoms with van der Waals surface area (Å²) in [5, 5.41) is 9.15. The number of hydrogen-bond donors (Lipinski definition) is 0. The van der Waals surface area contributed by atoms with Gasteiger partial charge in [-0.3, -0.25) is 0 Å². The summed E-state index contributed by atoms with van der Waals surface area (Å²) >= 11 is 0. The van der Waals surface area contributed by atoms with Crippen molar-refractivity contribution < 1.29 is 4.42 Å². The normalized spacial score (nSPS) is 11.8. The summed E-state index contributed by atoms with van der Waals surface area (Å²) in [7, 11) is 0. The molecule has 0 fully saturated rings. The second kappa shape index (κ2) is 11.2. The Morgan fingerprint density at radius 2 is 1.00 bits per heavy atom. The molecule has 0 radical (unpaired) electrons. The second-order valence-corrected chi connectivity index (χ2v) is 13.2. The Kier molecular flexibility index (Phi) is 6.18. The fourth-order valence-electron chi connectivity index (χ4n) is 7.81. The van der Waals surface area contributed by atoms with Crippen molar-refractivity contribution in [2.45, 2.75) is 0 Å². The van der Waals surface area contributed by atoms with E-state index in [-0.39, 0.29) is 0 Å². The predicted molar refractivity (Wildman–Crippen MR) is 213 cm³/mol. The van der Waals surface area contributed by atoms with E-state index in [0.29, 0.717) is 17.5 Å². The van der Waals surface area contributed by atoms with Crippen molar-refractivity contribution in [2.24, 2.45) is 0 Å². The zero-order chi connectivity index (χ0) is 34.2. The molecule has 0 saturated carbocycles. The third-order valence-electron chi connectivity index (χ3n) is 10.2. The Hall–Kier alpha value is -7.11. The molecule has 8 aromatic carbocycles. The highest BCUT2D eigenvalue weighted by molar-refractivity contribution is 6.21. The van der Waals surface area contributed by atoms with Gasteiger partial charge in [-0.25, -0.2) is 15.0 Å². The third kappa shape index (κ3) is 4.39. The van der Waals surface area contributed by atoms with E-state index in [1.165, 1.54) is 32.3 Å². The van der Waals surface area contributed by atoms with Gasteiger partial charge in [0.2, 0.25) is 0 Å². The fourth-order valence-corrected chi connectivity index (χ4v) is 7.81. The van der Waals surface area contributed by atoms with Crippen molar-refractivity contribution in [1.82, 2.24) is 19.5 Å². The Labute approximate surface area is 298 Å². The van der Waals surface area contributed by atoms with Gasteiger partial charge in [0.1, 0.15) is 11.2 Å². The maximum absolute atomic E-state index is 6.68. The van der Waals surface area contributed by atoms with Gasteiger partial charge < -0.3 is 8.98 Å². The molecule has 11 rings (SSSR count). The van der Waals surface area contributed by atoms with Crippen LogP contribution in [0.4, 0.5) is 0 Å². The molecular weight excluding hydrogens is 637 g/mol. The van der Waals surface area contributed by atoms with Gasteiger partial charge in [-0.1, -0.05) is 140 Å². The number of furan rings is 1. The molecule has 0 saturated heterocycles. The predicted octanol–water partition coefficient (Wildman–Crippen LogP) is 12.2. The van der Waals surface area contributed by atoms with Gasteiger partial charge in [-0.15, -0.1) is 0 Å². The van der Waals surface area contributed by atoms with Crippen molar-refractivity contribution in [3.8, 4) is 39.9 Å². The highest BCUT2D eigenvalue weighted by Crippen LogP contribution is 2.43. The van der Waals surface area contributed by atoms with Crippen molar-refractivity contribution in [1.29, 1.82) is 0 Å². The number of aromatic nitrogens is 4. The molecule has 0 N–H and O–H groups in total. The van der Waals surface area contributed by atoms with E-state index < -0.39 is 0 Å². The number of fused-ring (bicyclic) bond motifs is 9. The summed E-state index contributed by atoms with van der Waals surface area (Å²) in [5.41, 5.74) is 7.55. The lowest BCUT2D eigenvalue weighted by Crippen LogP contribution is -2.01. The lowest BCUT2D eigenvalue weighted by molar-refractivity contribution is 0.668. The molecule has 0 aliphatic carbocycles. The monoisotopic (exact) mass is 664 g/mol. The van der Waals surface area contributed by atoms with Crippen LogP contribution in [-0.4, -0.2) is 19.5 Å². The molecule has 0 aliphatic rings. The number of rotatable bonds is 4. The minimum Gasteiger partial charge on any atom is -0.456 e. The fraction of sp³-hybridized carbons (Fsp3) is 0. The first-order valence-corrected chi connectivity index (χ1v) is 17.4. The van der Waals surface area contributed by atoms with Crippen molar-refractivity contribution >= 4 is 65.3 Å². The van der Waals surface area contributed by atoms with Crippen LogP contribution in [0.3, 0.4) is 0 Å². The van der Waals surface area contributed by atoms with E-state index in [2.05, 4.69) is 102 Å². The highest BCUT2D eigenvalue weighted by Gasteiger charge is 2.22. The number of hydrogen-bond acceptors (Lipinski definition) is 4. The maximum Gasteiger partial charge on any atom is 0.164 e. The van der Waals surface area contributed by atoms with Crippen LogP contribution in [0.25, 0.3) is 105 Å².